The Morgan fingerprint density at radius 3 is 2.47 bits per heavy atom. The summed E-state index contributed by atoms with van der Waals surface area (Å²) in [6.07, 6.45) is 0.235. The van der Waals surface area contributed by atoms with Gasteiger partial charge in [0.1, 0.15) is 0 Å². The van der Waals surface area contributed by atoms with Gasteiger partial charge >= 0.3 is 0 Å². The maximum atomic E-state index is 12.1. The summed E-state index contributed by atoms with van der Waals surface area (Å²) in [6.45, 7) is 4.04. The van der Waals surface area contributed by atoms with Crippen molar-refractivity contribution in [1.82, 2.24) is 5.32 Å². The van der Waals surface area contributed by atoms with E-state index in [0.717, 1.165) is 0 Å². The molecule has 0 fully saturated rings. The Bertz CT molecular complexity index is 360. The topological polar surface area (TPSA) is 75.3 Å². The average molecular weight is 236 g/mol. The number of nitrogen functional groups attached to an aromatic ring is 1. The molecule has 0 saturated carbocycles. The van der Waals surface area contributed by atoms with Crippen LogP contribution in [0.4, 0.5) is 5.69 Å². The second-order valence-electron chi connectivity index (χ2n) is 4.20. The summed E-state index contributed by atoms with van der Waals surface area (Å²) >= 11 is 0. The standard InChI is InChI=1S/C13H20N2O2/c1-3-12(15-8-9(2)16)13(17)10-4-6-11(14)7-5-10/h4-7,9,12,15-16H,3,8,14H2,1-2H3. The predicted octanol–water partition coefficient (Wildman–Crippen LogP) is 1.20. The van der Waals surface area contributed by atoms with E-state index >= 15 is 0 Å². The molecule has 4 heteroatoms. The minimum absolute atomic E-state index is 0.0353. The van der Waals surface area contributed by atoms with Crippen molar-refractivity contribution in [2.75, 3.05) is 12.3 Å². The number of hydrogen-bond donors (Lipinski definition) is 3. The first-order valence-corrected chi connectivity index (χ1v) is 5.85. The highest BCUT2D eigenvalue weighted by molar-refractivity contribution is 6.00. The molecule has 1 rings (SSSR count). The maximum Gasteiger partial charge on any atom is 0.179 e. The molecule has 0 saturated heterocycles. The van der Waals surface area contributed by atoms with Crippen molar-refractivity contribution < 1.29 is 9.90 Å². The summed E-state index contributed by atoms with van der Waals surface area (Å²) in [4.78, 5) is 12.1. The van der Waals surface area contributed by atoms with Crippen LogP contribution in [-0.4, -0.2) is 29.6 Å². The van der Waals surface area contributed by atoms with Crippen molar-refractivity contribution in [1.29, 1.82) is 0 Å². The third kappa shape index (κ3) is 4.17. The van der Waals surface area contributed by atoms with Crippen LogP contribution in [-0.2, 0) is 0 Å². The maximum absolute atomic E-state index is 12.1. The molecule has 2 unspecified atom stereocenters. The first-order valence-electron chi connectivity index (χ1n) is 5.85. The molecule has 0 radical (unpaired) electrons. The second-order valence-corrected chi connectivity index (χ2v) is 4.20. The van der Waals surface area contributed by atoms with Gasteiger partial charge in [-0.15, -0.1) is 0 Å². The SMILES string of the molecule is CCC(NCC(C)O)C(=O)c1ccc(N)cc1. The van der Waals surface area contributed by atoms with Crippen LogP contribution in [0.5, 0.6) is 0 Å². The van der Waals surface area contributed by atoms with Crippen LogP contribution in [0.1, 0.15) is 30.6 Å². The molecule has 0 spiro atoms. The molecule has 0 aromatic heterocycles. The fourth-order valence-electron chi connectivity index (χ4n) is 1.58. The lowest BCUT2D eigenvalue weighted by molar-refractivity contribution is 0.0929. The third-order valence-electron chi connectivity index (χ3n) is 2.58. The molecule has 17 heavy (non-hydrogen) atoms. The number of benzene rings is 1. The number of carbonyl (C=O) groups is 1. The largest absolute Gasteiger partial charge is 0.399 e. The van der Waals surface area contributed by atoms with Gasteiger partial charge in [0.2, 0.25) is 0 Å². The number of nitrogens with two attached hydrogens (primary N) is 1. The molecule has 94 valence electrons. The smallest absolute Gasteiger partial charge is 0.179 e. The predicted molar refractivity (Wildman–Crippen MR) is 68.9 cm³/mol. The molecule has 0 heterocycles. The van der Waals surface area contributed by atoms with Gasteiger partial charge in [0.15, 0.2) is 5.78 Å². The lowest BCUT2D eigenvalue weighted by Gasteiger charge is -2.17. The fraction of sp³-hybridized carbons (Fsp3) is 0.462. The molecule has 1 aromatic carbocycles. The quantitative estimate of drug-likeness (QED) is 0.512. The highest BCUT2D eigenvalue weighted by Crippen LogP contribution is 2.09. The summed E-state index contributed by atoms with van der Waals surface area (Å²) in [5, 5.41) is 12.2. The van der Waals surface area contributed by atoms with E-state index in [9.17, 15) is 9.90 Å². The van der Waals surface area contributed by atoms with Crippen LogP contribution in [0.3, 0.4) is 0 Å². The number of anilines is 1. The van der Waals surface area contributed by atoms with Gasteiger partial charge in [-0.25, -0.2) is 0 Å². The Balaban J connectivity index is 2.68. The highest BCUT2D eigenvalue weighted by atomic mass is 16.3. The normalized spacial score (nSPS) is 14.3. The fourth-order valence-corrected chi connectivity index (χ4v) is 1.58. The van der Waals surface area contributed by atoms with Gasteiger partial charge in [-0.2, -0.15) is 0 Å². The number of rotatable bonds is 6. The zero-order valence-electron chi connectivity index (χ0n) is 10.3. The molecule has 2 atom stereocenters. The molecule has 0 aliphatic rings. The van der Waals surface area contributed by atoms with Gasteiger partial charge in [-0.1, -0.05) is 6.92 Å². The third-order valence-corrected chi connectivity index (χ3v) is 2.58. The minimum atomic E-state index is -0.455. The van der Waals surface area contributed by atoms with Crippen LogP contribution in [0, 0.1) is 0 Å². The first-order chi connectivity index (χ1) is 8.04. The summed E-state index contributed by atoms with van der Waals surface area (Å²) < 4.78 is 0. The minimum Gasteiger partial charge on any atom is -0.399 e. The Morgan fingerprint density at radius 1 is 1.41 bits per heavy atom. The molecule has 1 aromatic rings. The summed E-state index contributed by atoms with van der Waals surface area (Å²) in [5.41, 5.74) is 6.86. The van der Waals surface area contributed by atoms with Crippen molar-refractivity contribution in [3.63, 3.8) is 0 Å². The number of hydrogen-bond acceptors (Lipinski definition) is 4. The monoisotopic (exact) mass is 236 g/mol. The average Bonchev–Trinajstić information content (AvgIpc) is 2.30. The molecule has 0 amide bonds. The summed E-state index contributed by atoms with van der Waals surface area (Å²) in [5.74, 6) is 0.0353. The van der Waals surface area contributed by atoms with Gasteiger partial charge in [0.25, 0.3) is 0 Å². The zero-order valence-corrected chi connectivity index (χ0v) is 10.3. The Morgan fingerprint density at radius 2 is 2.00 bits per heavy atom. The summed E-state index contributed by atoms with van der Waals surface area (Å²) in [6, 6.07) is 6.63. The number of ketones is 1. The van der Waals surface area contributed by atoms with Gasteiger partial charge in [0.05, 0.1) is 12.1 Å². The first kappa shape index (κ1) is 13.7. The molecule has 0 bridgehead atoms. The zero-order chi connectivity index (χ0) is 12.8. The van der Waals surface area contributed by atoms with E-state index in [1.165, 1.54) is 0 Å². The molecule has 4 N–H and O–H groups in total. The lowest BCUT2D eigenvalue weighted by Crippen LogP contribution is -2.39. The number of aliphatic hydroxyl groups excluding tert-OH is 1. The van der Waals surface area contributed by atoms with E-state index in [0.29, 0.717) is 24.2 Å². The van der Waals surface area contributed by atoms with Gasteiger partial charge in [-0.05, 0) is 37.6 Å². The van der Waals surface area contributed by atoms with Crippen LogP contribution in [0.2, 0.25) is 0 Å². The Kier molecular flexibility index (Phi) is 5.12. The van der Waals surface area contributed by atoms with Gasteiger partial charge < -0.3 is 16.2 Å². The lowest BCUT2D eigenvalue weighted by atomic mass is 10.0. The van der Waals surface area contributed by atoms with Crippen molar-refractivity contribution >= 4 is 11.5 Å². The molecule has 0 aliphatic heterocycles. The summed E-state index contributed by atoms with van der Waals surface area (Å²) in [7, 11) is 0. The Hall–Kier alpha value is -1.39. The van der Waals surface area contributed by atoms with Crippen molar-refractivity contribution in [2.45, 2.75) is 32.4 Å². The van der Waals surface area contributed by atoms with E-state index in [-0.39, 0.29) is 11.8 Å². The van der Waals surface area contributed by atoms with Crippen LogP contribution < -0.4 is 11.1 Å². The van der Waals surface area contributed by atoms with E-state index in [2.05, 4.69) is 5.32 Å². The van der Waals surface area contributed by atoms with E-state index < -0.39 is 6.10 Å². The van der Waals surface area contributed by atoms with E-state index in [1.54, 1.807) is 31.2 Å². The number of carbonyl (C=O) groups excluding carboxylic acids is 1. The number of Topliss-reactive ketones (excluding diaryl/α,β-unsaturated/α-hetero) is 1. The van der Waals surface area contributed by atoms with Crippen LogP contribution in [0.15, 0.2) is 24.3 Å². The van der Waals surface area contributed by atoms with Crippen molar-refractivity contribution in [2.24, 2.45) is 0 Å². The number of aliphatic hydroxyl groups is 1. The Labute approximate surface area is 102 Å². The van der Waals surface area contributed by atoms with Crippen LogP contribution in [0.25, 0.3) is 0 Å². The van der Waals surface area contributed by atoms with E-state index in [4.69, 9.17) is 5.73 Å². The van der Waals surface area contributed by atoms with Crippen molar-refractivity contribution in [3.05, 3.63) is 29.8 Å². The van der Waals surface area contributed by atoms with Gasteiger partial charge in [0, 0.05) is 17.8 Å². The molecular weight excluding hydrogens is 216 g/mol. The molecule has 4 nitrogen and oxygen atoms in total. The highest BCUT2D eigenvalue weighted by Gasteiger charge is 2.17. The van der Waals surface area contributed by atoms with Crippen molar-refractivity contribution in [3.8, 4) is 0 Å². The molecular formula is C13H20N2O2. The van der Waals surface area contributed by atoms with Gasteiger partial charge in [-0.3, -0.25) is 4.79 Å². The molecule has 0 aliphatic carbocycles. The number of nitrogens with one attached hydrogen (secondary N) is 1. The van der Waals surface area contributed by atoms with Crippen LogP contribution >= 0.6 is 0 Å². The van der Waals surface area contributed by atoms with E-state index in [1.807, 2.05) is 6.92 Å². The second kappa shape index (κ2) is 6.37.